The summed E-state index contributed by atoms with van der Waals surface area (Å²) in [5, 5.41) is 3.11. The Bertz CT molecular complexity index is 211. The first-order valence-corrected chi connectivity index (χ1v) is 5.29. The number of carbonyl (C=O) groups excluding carboxylic acids is 1. The summed E-state index contributed by atoms with van der Waals surface area (Å²) in [6.45, 7) is 4.37. The first-order chi connectivity index (χ1) is 7.13. The van der Waals surface area contributed by atoms with E-state index in [1.807, 2.05) is 0 Å². The number of hydrogen-bond acceptors (Lipinski definition) is 5. The van der Waals surface area contributed by atoms with Gasteiger partial charge >= 0.3 is 5.97 Å². The number of carbonyl (C=O) groups is 1. The zero-order valence-corrected chi connectivity index (χ0v) is 9.82. The third kappa shape index (κ3) is 4.15. The van der Waals surface area contributed by atoms with Gasteiger partial charge < -0.3 is 15.0 Å². The molecular weight excluding hydrogens is 194 g/mol. The zero-order chi connectivity index (χ0) is 11.3. The molecule has 1 N–H and O–H groups in total. The Balaban J connectivity index is 2.21. The molecule has 5 heteroatoms. The van der Waals surface area contributed by atoms with Crippen molar-refractivity contribution >= 4 is 5.97 Å². The Morgan fingerprint density at radius 2 is 2.20 bits per heavy atom. The van der Waals surface area contributed by atoms with Crippen molar-refractivity contribution in [2.45, 2.75) is 6.04 Å². The second-order valence-corrected chi connectivity index (χ2v) is 4.10. The van der Waals surface area contributed by atoms with Crippen molar-refractivity contribution in [2.24, 2.45) is 0 Å². The quantitative estimate of drug-likeness (QED) is 0.609. The highest BCUT2D eigenvalue weighted by molar-refractivity contribution is 5.71. The lowest BCUT2D eigenvalue weighted by Crippen LogP contribution is -2.54. The number of nitrogens with zero attached hydrogens (tertiary/aromatic N) is 2. The molecule has 5 nitrogen and oxygen atoms in total. The van der Waals surface area contributed by atoms with E-state index in [1.165, 1.54) is 7.11 Å². The van der Waals surface area contributed by atoms with Crippen LogP contribution in [-0.4, -0.2) is 75.7 Å². The predicted octanol–water partition coefficient (Wildman–Crippen LogP) is -1.01. The summed E-state index contributed by atoms with van der Waals surface area (Å²) in [6, 6.07) is 0.480. The Morgan fingerprint density at radius 3 is 2.87 bits per heavy atom. The normalized spacial score (nSPS) is 24.1. The highest BCUT2D eigenvalue weighted by atomic mass is 16.5. The molecule has 1 saturated heterocycles. The second kappa shape index (κ2) is 6.05. The van der Waals surface area contributed by atoms with Crippen LogP contribution in [-0.2, 0) is 9.53 Å². The molecule has 0 aromatic carbocycles. The van der Waals surface area contributed by atoms with E-state index in [1.54, 1.807) is 0 Å². The molecule has 1 heterocycles. The van der Waals surface area contributed by atoms with Crippen molar-refractivity contribution in [2.75, 3.05) is 53.9 Å². The second-order valence-electron chi connectivity index (χ2n) is 4.10. The molecule has 88 valence electrons. The van der Waals surface area contributed by atoms with E-state index in [9.17, 15) is 4.79 Å². The lowest BCUT2D eigenvalue weighted by Gasteiger charge is -2.37. The standard InChI is InChI=1S/C10H21N3O2/c1-12-4-5-13(2)9(8-12)6-11-7-10(14)15-3/h9,11H,4-8H2,1-3H3. The van der Waals surface area contributed by atoms with Crippen molar-refractivity contribution in [1.82, 2.24) is 15.1 Å². The number of hydrogen-bond donors (Lipinski definition) is 1. The van der Waals surface area contributed by atoms with E-state index in [0.29, 0.717) is 12.6 Å². The summed E-state index contributed by atoms with van der Waals surface area (Å²) < 4.78 is 4.56. The summed E-state index contributed by atoms with van der Waals surface area (Å²) in [5.41, 5.74) is 0. The van der Waals surface area contributed by atoms with Crippen LogP contribution in [0.3, 0.4) is 0 Å². The summed E-state index contributed by atoms with van der Waals surface area (Å²) >= 11 is 0. The summed E-state index contributed by atoms with van der Waals surface area (Å²) in [4.78, 5) is 15.5. The minimum Gasteiger partial charge on any atom is -0.468 e. The molecule has 0 amide bonds. The van der Waals surface area contributed by atoms with Crippen molar-refractivity contribution in [1.29, 1.82) is 0 Å². The molecule has 1 fully saturated rings. The minimum atomic E-state index is -0.207. The van der Waals surface area contributed by atoms with E-state index in [0.717, 1.165) is 26.2 Å². The maximum absolute atomic E-state index is 10.9. The van der Waals surface area contributed by atoms with E-state index in [-0.39, 0.29) is 5.97 Å². The van der Waals surface area contributed by atoms with Crippen LogP contribution < -0.4 is 5.32 Å². The van der Waals surface area contributed by atoms with Crippen molar-refractivity contribution in [3.8, 4) is 0 Å². The summed E-state index contributed by atoms with van der Waals surface area (Å²) in [6.07, 6.45) is 0. The molecule has 0 saturated carbocycles. The van der Waals surface area contributed by atoms with Crippen LogP contribution in [0.15, 0.2) is 0 Å². The zero-order valence-electron chi connectivity index (χ0n) is 9.82. The van der Waals surface area contributed by atoms with Crippen LogP contribution >= 0.6 is 0 Å². The number of esters is 1. The molecule has 1 rings (SSSR count). The number of likely N-dealkylation sites (N-methyl/N-ethyl adjacent to an activating group) is 2. The maximum atomic E-state index is 10.9. The van der Waals surface area contributed by atoms with Crippen molar-refractivity contribution in [3.63, 3.8) is 0 Å². The first-order valence-electron chi connectivity index (χ1n) is 5.29. The third-order valence-corrected chi connectivity index (χ3v) is 2.86. The fraction of sp³-hybridized carbons (Fsp3) is 0.900. The van der Waals surface area contributed by atoms with Gasteiger partial charge in [-0.1, -0.05) is 0 Å². The van der Waals surface area contributed by atoms with Gasteiger partial charge in [0.05, 0.1) is 13.7 Å². The molecule has 1 aliphatic rings. The minimum absolute atomic E-state index is 0.207. The first kappa shape index (κ1) is 12.4. The lowest BCUT2D eigenvalue weighted by atomic mass is 10.2. The van der Waals surface area contributed by atoms with Gasteiger partial charge in [-0.25, -0.2) is 0 Å². The third-order valence-electron chi connectivity index (χ3n) is 2.86. The highest BCUT2D eigenvalue weighted by Gasteiger charge is 2.21. The van der Waals surface area contributed by atoms with Crippen LogP contribution in [0.2, 0.25) is 0 Å². The van der Waals surface area contributed by atoms with Crippen LogP contribution in [0.25, 0.3) is 0 Å². The van der Waals surface area contributed by atoms with Gasteiger partial charge in [-0.2, -0.15) is 0 Å². The Labute approximate surface area is 91.4 Å². The number of rotatable bonds is 4. The average Bonchev–Trinajstić information content (AvgIpc) is 2.23. The number of ether oxygens (including phenoxy) is 1. The Hall–Kier alpha value is -0.650. The molecule has 1 atom stereocenters. The molecule has 0 spiro atoms. The van der Waals surface area contributed by atoms with Crippen molar-refractivity contribution < 1.29 is 9.53 Å². The number of methoxy groups -OCH3 is 1. The van der Waals surface area contributed by atoms with Crippen LogP contribution in [0, 0.1) is 0 Å². The van der Waals surface area contributed by atoms with Gasteiger partial charge in [0.15, 0.2) is 0 Å². The average molecular weight is 215 g/mol. The van der Waals surface area contributed by atoms with Gasteiger partial charge in [0.2, 0.25) is 0 Å². The van der Waals surface area contributed by atoms with Gasteiger partial charge in [0.1, 0.15) is 0 Å². The largest absolute Gasteiger partial charge is 0.468 e. The smallest absolute Gasteiger partial charge is 0.319 e. The summed E-state index contributed by atoms with van der Waals surface area (Å²) in [7, 11) is 5.66. The van der Waals surface area contributed by atoms with Crippen molar-refractivity contribution in [3.05, 3.63) is 0 Å². The highest BCUT2D eigenvalue weighted by Crippen LogP contribution is 2.04. The molecule has 1 unspecified atom stereocenters. The van der Waals surface area contributed by atoms with E-state index < -0.39 is 0 Å². The molecule has 0 aromatic heterocycles. The predicted molar refractivity (Wildman–Crippen MR) is 58.8 cm³/mol. The molecular formula is C10H21N3O2. The number of piperazine rings is 1. The monoisotopic (exact) mass is 215 g/mol. The van der Waals surface area contributed by atoms with Gasteiger partial charge in [0.25, 0.3) is 0 Å². The van der Waals surface area contributed by atoms with E-state index in [2.05, 4.69) is 33.9 Å². The van der Waals surface area contributed by atoms with Gasteiger partial charge in [-0.3, -0.25) is 9.69 Å². The van der Waals surface area contributed by atoms with Gasteiger partial charge in [-0.05, 0) is 14.1 Å². The molecule has 0 bridgehead atoms. The Kier molecular flexibility index (Phi) is 5.01. The van der Waals surface area contributed by atoms with Crippen LogP contribution in [0.5, 0.6) is 0 Å². The molecule has 15 heavy (non-hydrogen) atoms. The fourth-order valence-electron chi connectivity index (χ4n) is 1.73. The topological polar surface area (TPSA) is 44.8 Å². The maximum Gasteiger partial charge on any atom is 0.319 e. The van der Waals surface area contributed by atoms with E-state index in [4.69, 9.17) is 0 Å². The fourth-order valence-corrected chi connectivity index (χ4v) is 1.73. The summed E-state index contributed by atoms with van der Waals surface area (Å²) in [5.74, 6) is -0.207. The number of nitrogens with one attached hydrogen (secondary N) is 1. The van der Waals surface area contributed by atoms with Gasteiger partial charge in [-0.15, -0.1) is 0 Å². The molecule has 1 aliphatic heterocycles. The van der Waals surface area contributed by atoms with Crippen LogP contribution in [0.4, 0.5) is 0 Å². The lowest BCUT2D eigenvalue weighted by molar-refractivity contribution is -0.139. The molecule has 0 aliphatic carbocycles. The van der Waals surface area contributed by atoms with E-state index >= 15 is 0 Å². The van der Waals surface area contributed by atoms with Gasteiger partial charge in [0, 0.05) is 32.2 Å². The molecule has 0 aromatic rings. The van der Waals surface area contributed by atoms with Crippen LogP contribution in [0.1, 0.15) is 0 Å². The Morgan fingerprint density at radius 1 is 1.47 bits per heavy atom. The molecule has 0 radical (unpaired) electrons. The SMILES string of the molecule is COC(=O)CNCC1CN(C)CCN1C.